The molecule has 0 spiro atoms. The summed E-state index contributed by atoms with van der Waals surface area (Å²) in [5.41, 5.74) is 1.66. The lowest BCUT2D eigenvalue weighted by Gasteiger charge is -2.14. The molecule has 2 unspecified atom stereocenters. The summed E-state index contributed by atoms with van der Waals surface area (Å²) in [5.74, 6) is 0.949. The van der Waals surface area contributed by atoms with Crippen LogP contribution in [0.3, 0.4) is 0 Å². The van der Waals surface area contributed by atoms with Gasteiger partial charge in [0.15, 0.2) is 0 Å². The second kappa shape index (κ2) is 4.15. The van der Waals surface area contributed by atoms with E-state index in [2.05, 4.69) is 10.6 Å². The number of hydrogen-bond acceptors (Lipinski definition) is 4. The van der Waals surface area contributed by atoms with Crippen LogP contribution in [0.2, 0.25) is 0 Å². The lowest BCUT2D eigenvalue weighted by atomic mass is 10.0. The predicted molar refractivity (Wildman–Crippen MR) is 66.2 cm³/mol. The molecule has 0 aromatic heterocycles. The zero-order valence-electron chi connectivity index (χ0n) is 10.6. The van der Waals surface area contributed by atoms with Crippen LogP contribution in [0.1, 0.15) is 24.1 Å². The Bertz CT molecular complexity index is 570. The normalized spacial score (nSPS) is 24.5. The number of imide groups is 1. The molecular weight excluding hydrogens is 248 g/mol. The van der Waals surface area contributed by atoms with Crippen LogP contribution < -0.4 is 20.1 Å². The number of methoxy groups -OCH3 is 1. The van der Waals surface area contributed by atoms with Crippen molar-refractivity contribution in [3.05, 3.63) is 23.3 Å². The number of amides is 3. The van der Waals surface area contributed by atoms with Crippen LogP contribution in [-0.4, -0.2) is 25.2 Å². The number of fused-ring (bicyclic) bond motifs is 1. The molecule has 1 fully saturated rings. The van der Waals surface area contributed by atoms with E-state index in [0.717, 1.165) is 17.7 Å². The van der Waals surface area contributed by atoms with Gasteiger partial charge in [0.25, 0.3) is 5.91 Å². The summed E-state index contributed by atoms with van der Waals surface area (Å²) in [4.78, 5) is 22.9. The third-order valence-corrected chi connectivity index (χ3v) is 3.33. The molecule has 19 heavy (non-hydrogen) atoms. The fourth-order valence-corrected chi connectivity index (χ4v) is 2.49. The molecule has 3 rings (SSSR count). The van der Waals surface area contributed by atoms with Crippen LogP contribution in [0.5, 0.6) is 11.5 Å². The van der Waals surface area contributed by atoms with E-state index in [1.807, 2.05) is 13.0 Å². The monoisotopic (exact) mass is 262 g/mol. The first-order chi connectivity index (χ1) is 9.08. The van der Waals surface area contributed by atoms with Crippen molar-refractivity contribution < 1.29 is 19.1 Å². The summed E-state index contributed by atoms with van der Waals surface area (Å²) in [6.45, 7) is 1.98. The van der Waals surface area contributed by atoms with Crippen molar-refractivity contribution in [3.8, 4) is 11.5 Å². The minimum Gasteiger partial charge on any atom is -0.496 e. The van der Waals surface area contributed by atoms with Crippen molar-refractivity contribution in [3.63, 3.8) is 0 Å². The number of carbonyl (C=O) groups excluding carboxylic acids is 2. The molecule has 2 heterocycles. The first kappa shape index (κ1) is 11.8. The Hall–Kier alpha value is -2.24. The van der Waals surface area contributed by atoms with E-state index in [-0.39, 0.29) is 12.0 Å². The predicted octanol–water partition coefficient (Wildman–Crippen LogP) is 0.899. The SMILES string of the molecule is COc1cc2c(cc1C1NC(=O)NC1=O)OC(C)C2. The first-order valence-corrected chi connectivity index (χ1v) is 6.07. The van der Waals surface area contributed by atoms with Gasteiger partial charge in [-0.15, -0.1) is 0 Å². The van der Waals surface area contributed by atoms with Crippen molar-refractivity contribution in [2.75, 3.05) is 7.11 Å². The molecule has 0 radical (unpaired) electrons. The number of ether oxygens (including phenoxy) is 2. The number of rotatable bonds is 2. The standard InChI is InChI=1S/C13H14N2O4/c1-6-3-7-4-10(18-2)8(5-9(7)19-6)11-12(16)15-13(17)14-11/h4-6,11H,3H2,1-2H3,(H2,14,15,16,17). The maximum atomic E-state index is 11.7. The number of carbonyl (C=O) groups is 2. The largest absolute Gasteiger partial charge is 0.496 e. The van der Waals surface area contributed by atoms with Crippen LogP contribution in [-0.2, 0) is 11.2 Å². The summed E-state index contributed by atoms with van der Waals surface area (Å²) in [6.07, 6.45) is 0.928. The van der Waals surface area contributed by atoms with Crippen LogP contribution in [0.15, 0.2) is 12.1 Å². The van der Waals surface area contributed by atoms with Crippen molar-refractivity contribution >= 4 is 11.9 Å². The first-order valence-electron chi connectivity index (χ1n) is 6.07. The van der Waals surface area contributed by atoms with Gasteiger partial charge in [-0.3, -0.25) is 10.1 Å². The van der Waals surface area contributed by atoms with Gasteiger partial charge in [-0.25, -0.2) is 4.79 Å². The lowest BCUT2D eigenvalue weighted by molar-refractivity contribution is -0.120. The van der Waals surface area contributed by atoms with E-state index >= 15 is 0 Å². The summed E-state index contributed by atoms with van der Waals surface area (Å²) < 4.78 is 11.0. The van der Waals surface area contributed by atoms with Gasteiger partial charge >= 0.3 is 6.03 Å². The summed E-state index contributed by atoms with van der Waals surface area (Å²) in [5, 5.41) is 4.77. The molecule has 1 aromatic carbocycles. The van der Waals surface area contributed by atoms with Crippen LogP contribution in [0.25, 0.3) is 0 Å². The smallest absolute Gasteiger partial charge is 0.322 e. The number of urea groups is 1. The third-order valence-electron chi connectivity index (χ3n) is 3.33. The van der Waals surface area contributed by atoms with E-state index in [0.29, 0.717) is 11.3 Å². The van der Waals surface area contributed by atoms with Crippen molar-refractivity contribution in [1.82, 2.24) is 10.6 Å². The number of hydrogen-bond donors (Lipinski definition) is 2. The second-order valence-electron chi connectivity index (χ2n) is 4.73. The van der Waals surface area contributed by atoms with E-state index in [9.17, 15) is 9.59 Å². The van der Waals surface area contributed by atoms with E-state index in [1.165, 1.54) is 0 Å². The van der Waals surface area contributed by atoms with Gasteiger partial charge in [0.2, 0.25) is 0 Å². The molecule has 1 saturated heterocycles. The molecule has 6 nitrogen and oxygen atoms in total. The molecule has 100 valence electrons. The maximum Gasteiger partial charge on any atom is 0.322 e. The van der Waals surface area contributed by atoms with Gasteiger partial charge in [0, 0.05) is 17.5 Å². The molecular formula is C13H14N2O4. The van der Waals surface area contributed by atoms with Gasteiger partial charge in [0.05, 0.1) is 7.11 Å². The van der Waals surface area contributed by atoms with Crippen molar-refractivity contribution in [1.29, 1.82) is 0 Å². The average Bonchev–Trinajstić information content (AvgIpc) is 2.88. The molecule has 2 aliphatic rings. The summed E-state index contributed by atoms with van der Waals surface area (Å²) in [7, 11) is 1.54. The average molecular weight is 262 g/mol. The van der Waals surface area contributed by atoms with Gasteiger partial charge < -0.3 is 14.8 Å². The van der Waals surface area contributed by atoms with E-state index < -0.39 is 12.1 Å². The molecule has 6 heteroatoms. The Labute approximate surface area is 110 Å². The fraction of sp³-hybridized carbons (Fsp3) is 0.385. The summed E-state index contributed by atoms with van der Waals surface area (Å²) >= 11 is 0. The van der Waals surface area contributed by atoms with Gasteiger partial charge in [0.1, 0.15) is 23.6 Å². The molecule has 0 aliphatic carbocycles. The van der Waals surface area contributed by atoms with Crippen molar-refractivity contribution in [2.45, 2.75) is 25.5 Å². The van der Waals surface area contributed by atoms with Crippen LogP contribution in [0, 0.1) is 0 Å². The molecule has 0 saturated carbocycles. The second-order valence-corrected chi connectivity index (χ2v) is 4.73. The Kier molecular flexibility index (Phi) is 2.58. The minimum absolute atomic E-state index is 0.113. The fourth-order valence-electron chi connectivity index (χ4n) is 2.49. The van der Waals surface area contributed by atoms with E-state index in [4.69, 9.17) is 9.47 Å². The quantitative estimate of drug-likeness (QED) is 0.776. The van der Waals surface area contributed by atoms with Crippen LogP contribution in [0.4, 0.5) is 4.79 Å². The summed E-state index contributed by atoms with van der Waals surface area (Å²) in [6, 6.07) is 2.42. The van der Waals surface area contributed by atoms with Gasteiger partial charge in [-0.05, 0) is 19.1 Å². The highest BCUT2D eigenvalue weighted by Crippen LogP contribution is 2.38. The lowest BCUT2D eigenvalue weighted by Crippen LogP contribution is -2.22. The minimum atomic E-state index is -0.729. The molecule has 1 aromatic rings. The maximum absolute atomic E-state index is 11.7. The van der Waals surface area contributed by atoms with Gasteiger partial charge in [-0.1, -0.05) is 0 Å². The zero-order chi connectivity index (χ0) is 13.6. The van der Waals surface area contributed by atoms with Gasteiger partial charge in [-0.2, -0.15) is 0 Å². The molecule has 0 bridgehead atoms. The highest BCUT2D eigenvalue weighted by molar-refractivity contribution is 6.04. The van der Waals surface area contributed by atoms with E-state index in [1.54, 1.807) is 13.2 Å². The van der Waals surface area contributed by atoms with Crippen LogP contribution >= 0.6 is 0 Å². The Morgan fingerprint density at radius 3 is 2.79 bits per heavy atom. The molecule has 3 amide bonds. The highest BCUT2D eigenvalue weighted by Gasteiger charge is 2.34. The molecule has 2 aliphatic heterocycles. The molecule has 2 atom stereocenters. The number of benzene rings is 1. The third kappa shape index (κ3) is 1.89. The highest BCUT2D eigenvalue weighted by atomic mass is 16.5. The Morgan fingerprint density at radius 2 is 2.16 bits per heavy atom. The van der Waals surface area contributed by atoms with Crippen molar-refractivity contribution in [2.24, 2.45) is 0 Å². The zero-order valence-corrected chi connectivity index (χ0v) is 10.6. The number of nitrogens with one attached hydrogen (secondary N) is 2. The Balaban J connectivity index is 2.04. The Morgan fingerprint density at radius 1 is 1.37 bits per heavy atom. The molecule has 2 N–H and O–H groups in total. The topological polar surface area (TPSA) is 76.7 Å².